The third-order valence-electron chi connectivity index (χ3n) is 5.13. The van der Waals surface area contributed by atoms with Gasteiger partial charge in [-0.05, 0) is 47.5 Å². The molecule has 0 saturated carbocycles. The minimum atomic E-state index is -0.256. The van der Waals surface area contributed by atoms with Crippen molar-refractivity contribution in [2.24, 2.45) is 0 Å². The van der Waals surface area contributed by atoms with Crippen LogP contribution in [0.4, 0.5) is 11.4 Å². The Kier molecular flexibility index (Phi) is 8.64. The molecule has 0 amide bonds. The van der Waals surface area contributed by atoms with Crippen molar-refractivity contribution >= 4 is 58.6 Å². The second-order valence-electron chi connectivity index (χ2n) is 8.27. The number of hydrogen-bond donors (Lipinski definition) is 0. The molecule has 0 aromatic heterocycles. The quantitative estimate of drug-likeness (QED) is 0.273. The normalized spacial score (nSPS) is 15.9. The molecule has 1 saturated heterocycles. The van der Waals surface area contributed by atoms with Crippen LogP contribution in [-0.4, -0.2) is 50.8 Å². The molecule has 2 aromatic rings. The molecule has 2 aromatic carbocycles. The van der Waals surface area contributed by atoms with Crippen LogP contribution in [0.5, 0.6) is 0 Å². The van der Waals surface area contributed by atoms with E-state index in [0.717, 1.165) is 32.5 Å². The fourth-order valence-electron chi connectivity index (χ4n) is 3.18. The molecule has 6 heteroatoms. The van der Waals surface area contributed by atoms with Crippen LogP contribution in [-0.2, 0) is 9.59 Å². The van der Waals surface area contributed by atoms with Gasteiger partial charge in [0.15, 0.2) is 11.6 Å². The highest BCUT2D eigenvalue weighted by molar-refractivity contribution is 8.25. The molecule has 33 heavy (non-hydrogen) atoms. The summed E-state index contributed by atoms with van der Waals surface area (Å²) in [7, 11) is 7.95. The smallest absolute Gasteiger partial charge is 0.191 e. The number of carbonyl (C=O) groups is 2. The lowest BCUT2D eigenvalue weighted by Crippen LogP contribution is -2.10. The summed E-state index contributed by atoms with van der Waals surface area (Å²) in [4.78, 5) is 30.3. The fourth-order valence-corrected chi connectivity index (χ4v) is 6.04. The standard InChI is InChI=1S/C27H30N2O2S2/c1-19-18-32-27(33-19)26(24(30)16-10-20-6-12-22(13-7-20)28(2)3)25(31)17-11-21-8-14-23(15-9-21)29(4)5/h6-17,19H,18H2,1-5H3/b16-10+,17-11+/t19-/m1/s1. The first kappa shape index (κ1) is 24.9. The number of allylic oxidation sites excluding steroid dienone is 3. The molecule has 1 aliphatic heterocycles. The predicted octanol–water partition coefficient (Wildman–Crippen LogP) is 5.76. The second kappa shape index (κ2) is 11.4. The van der Waals surface area contributed by atoms with E-state index in [1.807, 2.05) is 86.5 Å². The van der Waals surface area contributed by atoms with Crippen LogP contribution >= 0.6 is 23.5 Å². The van der Waals surface area contributed by atoms with E-state index >= 15 is 0 Å². The molecule has 172 valence electrons. The summed E-state index contributed by atoms with van der Waals surface area (Å²) in [6, 6.07) is 15.9. The number of hydrogen-bond acceptors (Lipinski definition) is 6. The van der Waals surface area contributed by atoms with E-state index in [-0.39, 0.29) is 17.1 Å². The molecule has 4 nitrogen and oxygen atoms in total. The number of thioether (sulfide) groups is 2. The van der Waals surface area contributed by atoms with Gasteiger partial charge in [-0.25, -0.2) is 0 Å². The van der Waals surface area contributed by atoms with Crippen LogP contribution < -0.4 is 9.80 Å². The Labute approximate surface area is 205 Å². The van der Waals surface area contributed by atoms with Crippen molar-refractivity contribution in [3.05, 3.63) is 81.6 Å². The average Bonchev–Trinajstić information content (AvgIpc) is 3.22. The molecule has 0 bridgehead atoms. The predicted molar refractivity (Wildman–Crippen MR) is 146 cm³/mol. The zero-order valence-electron chi connectivity index (χ0n) is 19.7. The first-order chi connectivity index (χ1) is 15.7. The minimum Gasteiger partial charge on any atom is -0.378 e. The van der Waals surface area contributed by atoms with Gasteiger partial charge in [-0.15, -0.1) is 23.5 Å². The average molecular weight is 479 g/mol. The van der Waals surface area contributed by atoms with Gasteiger partial charge in [-0.3, -0.25) is 9.59 Å². The number of carbonyl (C=O) groups excluding carboxylic acids is 2. The number of benzene rings is 2. The van der Waals surface area contributed by atoms with Crippen LogP contribution in [0.25, 0.3) is 12.2 Å². The molecule has 1 heterocycles. The molecule has 0 N–H and O–H groups in total. The zero-order chi connectivity index (χ0) is 24.0. The summed E-state index contributed by atoms with van der Waals surface area (Å²) in [5.74, 6) is 0.386. The van der Waals surface area contributed by atoms with E-state index in [9.17, 15) is 9.59 Å². The molecular weight excluding hydrogens is 448 g/mol. The Morgan fingerprint density at radius 3 is 1.55 bits per heavy atom. The number of ketones is 2. The maximum atomic E-state index is 13.1. The summed E-state index contributed by atoms with van der Waals surface area (Å²) in [6.07, 6.45) is 6.56. The van der Waals surface area contributed by atoms with E-state index < -0.39 is 0 Å². The van der Waals surface area contributed by atoms with E-state index in [1.54, 1.807) is 35.7 Å². The molecule has 3 rings (SSSR count). The lowest BCUT2D eigenvalue weighted by molar-refractivity contribution is -0.116. The van der Waals surface area contributed by atoms with Gasteiger partial charge in [-0.2, -0.15) is 0 Å². The number of rotatable bonds is 8. The summed E-state index contributed by atoms with van der Waals surface area (Å²) in [5, 5.41) is 0.380. The SMILES string of the molecule is C[C@@H]1CSC(=C(C(=O)/C=C/c2ccc(N(C)C)cc2)C(=O)/C=C/c2ccc(N(C)C)cc2)S1. The molecule has 1 fully saturated rings. The van der Waals surface area contributed by atoms with E-state index in [1.165, 1.54) is 12.2 Å². The molecular formula is C27H30N2O2S2. The Morgan fingerprint density at radius 1 is 0.788 bits per heavy atom. The van der Waals surface area contributed by atoms with E-state index in [0.29, 0.717) is 5.25 Å². The van der Waals surface area contributed by atoms with Crippen molar-refractivity contribution in [3.63, 3.8) is 0 Å². The minimum absolute atomic E-state index is 0.256. The van der Waals surface area contributed by atoms with Crippen LogP contribution in [0.15, 0.2) is 70.5 Å². The summed E-state index contributed by atoms with van der Waals surface area (Å²) >= 11 is 3.20. The first-order valence-corrected chi connectivity index (χ1v) is 12.6. The first-order valence-electron chi connectivity index (χ1n) is 10.8. The molecule has 1 atom stereocenters. The van der Waals surface area contributed by atoms with Gasteiger partial charge in [0.2, 0.25) is 0 Å². The highest BCUT2D eigenvalue weighted by atomic mass is 32.2. The van der Waals surface area contributed by atoms with E-state index in [2.05, 4.69) is 6.92 Å². The van der Waals surface area contributed by atoms with Crippen LogP contribution in [0, 0.1) is 0 Å². The lowest BCUT2D eigenvalue weighted by Gasteiger charge is -2.11. The molecule has 1 aliphatic rings. The molecule has 0 unspecified atom stereocenters. The van der Waals surface area contributed by atoms with Crippen molar-refractivity contribution in [2.75, 3.05) is 43.7 Å². The zero-order valence-corrected chi connectivity index (χ0v) is 21.4. The van der Waals surface area contributed by atoms with Crippen LogP contribution in [0.1, 0.15) is 18.1 Å². The van der Waals surface area contributed by atoms with Crippen LogP contribution in [0.2, 0.25) is 0 Å². The topological polar surface area (TPSA) is 40.6 Å². The van der Waals surface area contributed by atoms with Crippen molar-refractivity contribution in [2.45, 2.75) is 12.2 Å². The van der Waals surface area contributed by atoms with Gasteiger partial charge >= 0.3 is 0 Å². The largest absolute Gasteiger partial charge is 0.378 e. The van der Waals surface area contributed by atoms with Gasteiger partial charge in [0.25, 0.3) is 0 Å². The van der Waals surface area contributed by atoms with E-state index in [4.69, 9.17) is 0 Å². The summed E-state index contributed by atoms with van der Waals surface area (Å²) in [6.45, 7) is 2.11. The summed E-state index contributed by atoms with van der Waals surface area (Å²) < 4.78 is 0.817. The Hall–Kier alpha value is -2.70. The number of nitrogens with zero attached hydrogens (tertiary/aromatic N) is 2. The van der Waals surface area contributed by atoms with Crippen molar-refractivity contribution in [3.8, 4) is 0 Å². The van der Waals surface area contributed by atoms with Gasteiger partial charge in [0.1, 0.15) is 0 Å². The highest BCUT2D eigenvalue weighted by Crippen LogP contribution is 2.44. The van der Waals surface area contributed by atoms with Gasteiger partial charge in [-0.1, -0.05) is 43.3 Å². The maximum Gasteiger partial charge on any atom is 0.191 e. The molecule has 0 aliphatic carbocycles. The second-order valence-corrected chi connectivity index (χ2v) is 11.0. The Morgan fingerprint density at radius 2 is 1.21 bits per heavy atom. The maximum absolute atomic E-state index is 13.1. The number of anilines is 2. The third kappa shape index (κ3) is 6.89. The Balaban J connectivity index is 1.81. The molecule has 0 spiro atoms. The fraction of sp³-hybridized carbons (Fsp3) is 0.259. The van der Waals surface area contributed by atoms with Gasteiger partial charge in [0, 0.05) is 50.6 Å². The highest BCUT2D eigenvalue weighted by Gasteiger charge is 2.26. The lowest BCUT2D eigenvalue weighted by atomic mass is 10.1. The monoisotopic (exact) mass is 478 g/mol. The summed E-state index contributed by atoms with van der Waals surface area (Å²) in [5.41, 5.74) is 4.28. The molecule has 0 radical (unpaired) electrons. The van der Waals surface area contributed by atoms with Gasteiger partial charge < -0.3 is 9.80 Å². The third-order valence-corrected chi connectivity index (χ3v) is 8.10. The van der Waals surface area contributed by atoms with Gasteiger partial charge in [0.05, 0.1) is 9.81 Å². The van der Waals surface area contributed by atoms with Crippen molar-refractivity contribution in [1.82, 2.24) is 0 Å². The van der Waals surface area contributed by atoms with Crippen molar-refractivity contribution < 1.29 is 9.59 Å². The van der Waals surface area contributed by atoms with Crippen molar-refractivity contribution in [1.29, 1.82) is 0 Å². The Bertz CT molecular complexity index is 1010. The van der Waals surface area contributed by atoms with Crippen LogP contribution in [0.3, 0.4) is 0 Å².